The Morgan fingerprint density at radius 3 is 2.07 bits per heavy atom. The van der Waals surface area contributed by atoms with E-state index in [1.54, 1.807) is 0 Å². The molecule has 240 valence electrons. The molecule has 3 unspecified atom stereocenters. The van der Waals surface area contributed by atoms with Gasteiger partial charge in [-0.05, 0) is 46.6 Å². The van der Waals surface area contributed by atoms with Gasteiger partial charge in [0.05, 0.1) is 19.3 Å². The van der Waals surface area contributed by atoms with E-state index in [1.807, 2.05) is 80.6 Å². The maximum Gasteiger partial charge on any atom is 0.407 e. The maximum atomic E-state index is 13.3. The Morgan fingerprint density at radius 1 is 0.822 bits per heavy atom. The molecule has 1 aliphatic rings. The van der Waals surface area contributed by atoms with Crippen LogP contribution in [0.3, 0.4) is 0 Å². The standard InChI is InChI=1S/C35H43N3O7/c1-23(2)20-31(34(41)44-19-18-43-17-16-36)37-33(40)32(39)30(21-24-10-4-3-5-11-24)38-35(42)45-22-29-27-14-8-6-12-25(27)26-13-7-9-15-28(26)29/h3-15,23,29-32,39H,16-22,36H2,1-2H3,(H,37,40)(H,38,42). The molecule has 0 fully saturated rings. The van der Waals surface area contributed by atoms with Gasteiger partial charge in [-0.2, -0.15) is 0 Å². The van der Waals surface area contributed by atoms with Crippen LogP contribution in [0, 0.1) is 5.92 Å². The molecule has 0 aliphatic heterocycles. The van der Waals surface area contributed by atoms with Gasteiger partial charge in [0.2, 0.25) is 0 Å². The normalized spacial score (nSPS) is 14.2. The van der Waals surface area contributed by atoms with E-state index in [4.69, 9.17) is 19.9 Å². The molecule has 0 saturated heterocycles. The fourth-order valence-electron chi connectivity index (χ4n) is 5.51. The van der Waals surface area contributed by atoms with Crippen molar-refractivity contribution >= 4 is 18.0 Å². The van der Waals surface area contributed by atoms with Gasteiger partial charge in [-0.1, -0.05) is 92.7 Å². The third-order valence-corrected chi connectivity index (χ3v) is 7.64. The third kappa shape index (κ3) is 9.37. The number of fused-ring (bicyclic) bond motifs is 3. The molecule has 0 aromatic heterocycles. The first-order valence-electron chi connectivity index (χ1n) is 15.4. The number of aliphatic hydroxyl groups excluding tert-OH is 1. The Bertz CT molecular complexity index is 1370. The van der Waals surface area contributed by atoms with Gasteiger partial charge in [-0.15, -0.1) is 0 Å². The number of carbonyl (C=O) groups is 3. The van der Waals surface area contributed by atoms with Crippen molar-refractivity contribution < 1.29 is 33.7 Å². The van der Waals surface area contributed by atoms with E-state index in [2.05, 4.69) is 22.8 Å². The Hall–Kier alpha value is -4.25. The van der Waals surface area contributed by atoms with Gasteiger partial charge >= 0.3 is 12.1 Å². The minimum atomic E-state index is -1.68. The lowest BCUT2D eigenvalue weighted by Gasteiger charge is -2.26. The smallest absolute Gasteiger partial charge is 0.407 e. The fraction of sp³-hybridized carbons (Fsp3) is 0.400. The number of nitrogens with two attached hydrogens (primary N) is 1. The van der Waals surface area contributed by atoms with Crippen molar-refractivity contribution in [2.45, 2.75) is 50.8 Å². The average Bonchev–Trinajstić information content (AvgIpc) is 3.36. The number of hydrogen-bond acceptors (Lipinski definition) is 8. The molecule has 0 spiro atoms. The molecule has 3 aromatic rings. The highest BCUT2D eigenvalue weighted by Gasteiger charge is 2.33. The number of ether oxygens (including phenoxy) is 3. The van der Waals surface area contributed by atoms with Crippen molar-refractivity contribution in [3.63, 3.8) is 0 Å². The van der Waals surface area contributed by atoms with Gasteiger partial charge in [0, 0.05) is 12.5 Å². The second-order valence-corrected chi connectivity index (χ2v) is 11.5. The molecule has 3 atom stereocenters. The van der Waals surface area contributed by atoms with Crippen LogP contribution in [0.4, 0.5) is 4.79 Å². The maximum absolute atomic E-state index is 13.3. The predicted octanol–water partition coefficient (Wildman–Crippen LogP) is 3.55. The first kappa shape index (κ1) is 33.6. The van der Waals surface area contributed by atoms with Crippen molar-refractivity contribution in [1.29, 1.82) is 0 Å². The van der Waals surface area contributed by atoms with E-state index < -0.39 is 36.2 Å². The van der Waals surface area contributed by atoms with E-state index in [0.29, 0.717) is 19.6 Å². The van der Waals surface area contributed by atoms with E-state index in [-0.39, 0.29) is 38.1 Å². The highest BCUT2D eigenvalue weighted by Crippen LogP contribution is 2.44. The Morgan fingerprint density at radius 2 is 1.44 bits per heavy atom. The quantitative estimate of drug-likeness (QED) is 0.141. The van der Waals surface area contributed by atoms with Crippen LogP contribution in [-0.2, 0) is 30.2 Å². The summed E-state index contributed by atoms with van der Waals surface area (Å²) >= 11 is 0. The molecule has 1 aliphatic carbocycles. The summed E-state index contributed by atoms with van der Waals surface area (Å²) in [5.74, 6) is -1.54. The van der Waals surface area contributed by atoms with Crippen molar-refractivity contribution in [3.05, 3.63) is 95.6 Å². The molecule has 0 saturated carbocycles. The lowest BCUT2D eigenvalue weighted by molar-refractivity contribution is -0.151. The summed E-state index contributed by atoms with van der Waals surface area (Å²) in [6, 6.07) is 23.2. The van der Waals surface area contributed by atoms with Gasteiger partial charge in [-0.25, -0.2) is 9.59 Å². The molecule has 10 nitrogen and oxygen atoms in total. The molecule has 4 rings (SSSR count). The number of hydrogen-bond donors (Lipinski definition) is 4. The Labute approximate surface area is 264 Å². The zero-order chi connectivity index (χ0) is 32.2. The van der Waals surface area contributed by atoms with E-state index in [9.17, 15) is 19.5 Å². The summed E-state index contributed by atoms with van der Waals surface area (Å²) in [7, 11) is 0. The fourth-order valence-corrected chi connectivity index (χ4v) is 5.51. The lowest BCUT2D eigenvalue weighted by Crippen LogP contribution is -2.55. The van der Waals surface area contributed by atoms with Crippen molar-refractivity contribution in [1.82, 2.24) is 10.6 Å². The minimum Gasteiger partial charge on any atom is -0.462 e. The van der Waals surface area contributed by atoms with Gasteiger partial charge < -0.3 is 35.7 Å². The van der Waals surface area contributed by atoms with Crippen LogP contribution in [0.2, 0.25) is 0 Å². The molecule has 0 radical (unpaired) electrons. The monoisotopic (exact) mass is 617 g/mol. The molecule has 2 amide bonds. The van der Waals surface area contributed by atoms with Crippen LogP contribution in [-0.4, -0.2) is 74.2 Å². The molecule has 3 aromatic carbocycles. The first-order valence-corrected chi connectivity index (χ1v) is 15.4. The van der Waals surface area contributed by atoms with Crippen LogP contribution in [0.5, 0.6) is 0 Å². The van der Waals surface area contributed by atoms with Crippen LogP contribution in [0.25, 0.3) is 11.1 Å². The number of esters is 1. The zero-order valence-electron chi connectivity index (χ0n) is 25.8. The molecule has 10 heteroatoms. The van der Waals surface area contributed by atoms with E-state index in [0.717, 1.165) is 27.8 Å². The van der Waals surface area contributed by atoms with Crippen molar-refractivity contribution in [2.24, 2.45) is 11.7 Å². The van der Waals surface area contributed by atoms with Crippen molar-refractivity contribution in [3.8, 4) is 11.1 Å². The summed E-state index contributed by atoms with van der Waals surface area (Å²) in [4.78, 5) is 39.3. The summed E-state index contributed by atoms with van der Waals surface area (Å²) < 4.78 is 16.2. The number of aliphatic hydroxyl groups is 1. The Balaban J connectivity index is 1.42. The molecule has 45 heavy (non-hydrogen) atoms. The molecule has 0 heterocycles. The van der Waals surface area contributed by atoms with Crippen LogP contribution in [0.15, 0.2) is 78.9 Å². The molecule has 5 N–H and O–H groups in total. The molecular formula is C35H43N3O7. The summed E-state index contributed by atoms with van der Waals surface area (Å²) in [6.07, 6.45) is -2.00. The summed E-state index contributed by atoms with van der Waals surface area (Å²) in [5.41, 5.74) is 10.5. The van der Waals surface area contributed by atoms with Gasteiger partial charge in [-0.3, -0.25) is 4.79 Å². The topological polar surface area (TPSA) is 149 Å². The predicted molar refractivity (Wildman–Crippen MR) is 170 cm³/mol. The number of alkyl carbamates (subject to hydrolysis) is 1. The van der Waals surface area contributed by atoms with Gasteiger partial charge in [0.1, 0.15) is 19.3 Å². The number of amides is 2. The zero-order valence-corrected chi connectivity index (χ0v) is 25.8. The van der Waals surface area contributed by atoms with E-state index >= 15 is 0 Å². The number of rotatable bonds is 16. The number of benzene rings is 3. The number of nitrogens with one attached hydrogen (secondary N) is 2. The van der Waals surface area contributed by atoms with Gasteiger partial charge in [0.15, 0.2) is 6.10 Å². The molecule has 0 bridgehead atoms. The SMILES string of the molecule is CC(C)CC(NC(=O)C(O)C(Cc1ccccc1)NC(=O)OCC1c2ccccc2-c2ccccc21)C(=O)OCCOCCN. The first-order chi connectivity index (χ1) is 21.8. The summed E-state index contributed by atoms with van der Waals surface area (Å²) in [5, 5.41) is 16.5. The average molecular weight is 618 g/mol. The molecular weight excluding hydrogens is 574 g/mol. The minimum absolute atomic E-state index is 0.00578. The van der Waals surface area contributed by atoms with E-state index in [1.165, 1.54) is 0 Å². The lowest BCUT2D eigenvalue weighted by atomic mass is 9.98. The largest absolute Gasteiger partial charge is 0.462 e. The second-order valence-electron chi connectivity index (χ2n) is 11.5. The van der Waals surface area contributed by atoms with Crippen LogP contribution < -0.4 is 16.4 Å². The van der Waals surface area contributed by atoms with Gasteiger partial charge in [0.25, 0.3) is 5.91 Å². The number of carbonyl (C=O) groups excluding carboxylic acids is 3. The highest BCUT2D eigenvalue weighted by molar-refractivity contribution is 5.88. The van der Waals surface area contributed by atoms with Crippen LogP contribution in [0.1, 0.15) is 42.9 Å². The Kier molecular flexibility index (Phi) is 12.5. The highest BCUT2D eigenvalue weighted by atomic mass is 16.6. The summed E-state index contributed by atoms with van der Waals surface area (Å²) in [6.45, 7) is 4.77. The van der Waals surface area contributed by atoms with Crippen molar-refractivity contribution in [2.75, 3.05) is 33.0 Å². The van der Waals surface area contributed by atoms with Crippen LogP contribution >= 0.6 is 0 Å². The third-order valence-electron chi connectivity index (χ3n) is 7.64. The second kappa shape index (κ2) is 16.7.